The normalized spacial score (nSPS) is 10.8. The Morgan fingerprint density at radius 3 is 2.64 bits per heavy atom. The van der Waals surface area contributed by atoms with Gasteiger partial charge in [-0.3, -0.25) is 14.0 Å². The van der Waals surface area contributed by atoms with Crippen molar-refractivity contribution in [2.75, 3.05) is 0 Å². The molecule has 3 aromatic rings. The molecule has 5 nitrogen and oxygen atoms in total. The van der Waals surface area contributed by atoms with E-state index in [1.54, 1.807) is 30.5 Å². The summed E-state index contributed by atoms with van der Waals surface area (Å²) in [6, 6.07) is 10.0. The van der Waals surface area contributed by atoms with Crippen LogP contribution in [0.4, 0.5) is 0 Å². The predicted octanol–water partition coefficient (Wildman–Crippen LogP) is 3.60. The number of ether oxygens (including phenoxy) is 1. The average Bonchev–Trinajstić information content (AvgIpc) is 2.57. The second-order valence-electron chi connectivity index (χ2n) is 5.51. The van der Waals surface area contributed by atoms with Gasteiger partial charge in [0.25, 0.3) is 5.56 Å². The van der Waals surface area contributed by atoms with Crippen molar-refractivity contribution in [3.63, 3.8) is 0 Å². The lowest BCUT2D eigenvalue weighted by atomic mass is 10.1. The van der Waals surface area contributed by atoms with Gasteiger partial charge in [0.1, 0.15) is 12.3 Å². The number of hydrogen-bond acceptors (Lipinski definition) is 4. The maximum absolute atomic E-state index is 12.1. The topological polar surface area (TPSA) is 60.7 Å². The Morgan fingerprint density at radius 1 is 1.20 bits per heavy atom. The summed E-state index contributed by atoms with van der Waals surface area (Å²) in [5.41, 5.74) is 2.07. The smallest absolute Gasteiger partial charge is 0.310 e. The molecule has 0 spiro atoms. The number of benzene rings is 1. The van der Waals surface area contributed by atoms with Crippen LogP contribution in [0.25, 0.3) is 5.65 Å². The first-order valence-electron chi connectivity index (χ1n) is 7.52. The van der Waals surface area contributed by atoms with Crippen molar-refractivity contribution >= 4 is 34.8 Å². The highest BCUT2D eigenvalue weighted by molar-refractivity contribution is 6.36. The van der Waals surface area contributed by atoms with Gasteiger partial charge >= 0.3 is 5.97 Å². The Hall–Kier alpha value is -2.37. The van der Waals surface area contributed by atoms with Crippen LogP contribution in [0.3, 0.4) is 0 Å². The van der Waals surface area contributed by atoms with Crippen molar-refractivity contribution in [3.05, 3.63) is 79.8 Å². The highest BCUT2D eigenvalue weighted by atomic mass is 35.5. The van der Waals surface area contributed by atoms with E-state index in [2.05, 4.69) is 4.98 Å². The third-order valence-electron chi connectivity index (χ3n) is 3.70. The van der Waals surface area contributed by atoms with Crippen molar-refractivity contribution in [1.29, 1.82) is 0 Å². The minimum Gasteiger partial charge on any atom is -0.459 e. The van der Waals surface area contributed by atoms with Gasteiger partial charge < -0.3 is 4.74 Å². The van der Waals surface area contributed by atoms with Crippen molar-refractivity contribution < 1.29 is 9.53 Å². The molecule has 0 aliphatic heterocycles. The minimum atomic E-state index is -0.498. The molecule has 2 aromatic heterocycles. The highest BCUT2D eigenvalue weighted by Gasteiger charge is 2.13. The van der Waals surface area contributed by atoms with Crippen LogP contribution in [0.2, 0.25) is 10.0 Å². The monoisotopic (exact) mass is 376 g/mol. The lowest BCUT2D eigenvalue weighted by Gasteiger charge is -2.09. The summed E-state index contributed by atoms with van der Waals surface area (Å²) in [4.78, 5) is 28.6. The molecular weight excluding hydrogens is 363 g/mol. The summed E-state index contributed by atoms with van der Waals surface area (Å²) >= 11 is 12.1. The van der Waals surface area contributed by atoms with Gasteiger partial charge in [-0.15, -0.1) is 0 Å². The molecule has 25 heavy (non-hydrogen) atoms. The quantitative estimate of drug-likeness (QED) is 0.652. The number of aromatic nitrogens is 2. The van der Waals surface area contributed by atoms with E-state index in [1.165, 1.54) is 10.5 Å². The SMILES string of the molecule is Cc1cccn2c(=O)cc(COC(=O)Cc3c(Cl)cccc3Cl)nc12. The van der Waals surface area contributed by atoms with Crippen molar-refractivity contribution in [2.24, 2.45) is 0 Å². The summed E-state index contributed by atoms with van der Waals surface area (Å²) in [5.74, 6) is -0.498. The number of esters is 1. The number of halogens is 2. The number of nitrogens with zero attached hydrogens (tertiary/aromatic N) is 2. The van der Waals surface area contributed by atoms with Gasteiger partial charge in [0.15, 0.2) is 0 Å². The third kappa shape index (κ3) is 3.83. The molecule has 3 rings (SSSR count). The van der Waals surface area contributed by atoms with Gasteiger partial charge in [0, 0.05) is 27.9 Å². The van der Waals surface area contributed by atoms with E-state index in [0.29, 0.717) is 26.9 Å². The lowest BCUT2D eigenvalue weighted by Crippen LogP contribution is -2.17. The van der Waals surface area contributed by atoms with Crippen molar-refractivity contribution in [2.45, 2.75) is 20.0 Å². The second kappa shape index (κ2) is 7.25. The van der Waals surface area contributed by atoms with E-state index in [4.69, 9.17) is 27.9 Å². The first kappa shape index (κ1) is 17.5. The van der Waals surface area contributed by atoms with Crippen LogP contribution < -0.4 is 5.56 Å². The molecule has 1 aromatic carbocycles. The van der Waals surface area contributed by atoms with Crippen LogP contribution in [0, 0.1) is 6.92 Å². The van der Waals surface area contributed by atoms with Gasteiger partial charge in [0.2, 0.25) is 0 Å². The standard InChI is InChI=1S/C18H14Cl2N2O3/c1-11-4-3-7-22-16(23)8-12(21-18(11)22)10-25-17(24)9-13-14(19)5-2-6-15(13)20/h2-8H,9-10H2,1H3. The van der Waals surface area contributed by atoms with Gasteiger partial charge in [-0.1, -0.05) is 35.3 Å². The van der Waals surface area contributed by atoms with E-state index in [-0.39, 0.29) is 18.6 Å². The largest absolute Gasteiger partial charge is 0.459 e. The van der Waals surface area contributed by atoms with Crippen molar-refractivity contribution in [1.82, 2.24) is 9.38 Å². The van der Waals surface area contributed by atoms with Crippen LogP contribution >= 0.6 is 23.2 Å². The molecule has 7 heteroatoms. The Labute approximate surface area is 153 Å². The number of fused-ring (bicyclic) bond motifs is 1. The predicted molar refractivity (Wildman–Crippen MR) is 96.2 cm³/mol. The fraction of sp³-hybridized carbons (Fsp3) is 0.167. The zero-order valence-electron chi connectivity index (χ0n) is 13.3. The molecule has 0 unspecified atom stereocenters. The van der Waals surface area contributed by atoms with Crippen LogP contribution in [0.15, 0.2) is 47.4 Å². The highest BCUT2D eigenvalue weighted by Crippen LogP contribution is 2.25. The number of hydrogen-bond donors (Lipinski definition) is 0. The fourth-order valence-electron chi connectivity index (χ4n) is 2.43. The van der Waals surface area contributed by atoms with E-state index in [9.17, 15) is 9.59 Å². The molecule has 0 aliphatic rings. The Morgan fingerprint density at radius 2 is 1.92 bits per heavy atom. The summed E-state index contributed by atoms with van der Waals surface area (Å²) < 4.78 is 6.67. The molecule has 0 saturated heterocycles. The first-order valence-corrected chi connectivity index (χ1v) is 8.27. The second-order valence-corrected chi connectivity index (χ2v) is 6.32. The van der Waals surface area contributed by atoms with Crippen LogP contribution in [0.5, 0.6) is 0 Å². The van der Waals surface area contributed by atoms with Gasteiger partial charge in [-0.25, -0.2) is 4.98 Å². The first-order chi connectivity index (χ1) is 12.0. The summed E-state index contributed by atoms with van der Waals surface area (Å²) in [5, 5.41) is 0.810. The summed E-state index contributed by atoms with van der Waals surface area (Å²) in [6.45, 7) is 1.76. The van der Waals surface area contributed by atoms with Crippen LogP contribution in [0.1, 0.15) is 16.8 Å². The van der Waals surface area contributed by atoms with E-state index in [0.717, 1.165) is 5.56 Å². The molecule has 0 N–H and O–H groups in total. The molecule has 128 valence electrons. The third-order valence-corrected chi connectivity index (χ3v) is 4.41. The zero-order valence-corrected chi connectivity index (χ0v) is 14.8. The Balaban J connectivity index is 1.75. The zero-order chi connectivity index (χ0) is 18.0. The van der Waals surface area contributed by atoms with Gasteiger partial charge in [-0.05, 0) is 30.7 Å². The van der Waals surface area contributed by atoms with E-state index >= 15 is 0 Å². The molecule has 0 fully saturated rings. The average molecular weight is 377 g/mol. The van der Waals surface area contributed by atoms with E-state index < -0.39 is 5.97 Å². The van der Waals surface area contributed by atoms with Gasteiger partial charge in [-0.2, -0.15) is 0 Å². The van der Waals surface area contributed by atoms with E-state index in [1.807, 2.05) is 13.0 Å². The number of rotatable bonds is 4. The fourth-order valence-corrected chi connectivity index (χ4v) is 2.96. The maximum atomic E-state index is 12.1. The van der Waals surface area contributed by atoms with Crippen LogP contribution in [-0.4, -0.2) is 15.4 Å². The Bertz CT molecular complexity index is 995. The lowest BCUT2D eigenvalue weighted by molar-refractivity contribution is -0.144. The summed E-state index contributed by atoms with van der Waals surface area (Å²) in [7, 11) is 0. The molecular formula is C18H14Cl2N2O3. The minimum absolute atomic E-state index is 0.0515. The number of pyridine rings is 1. The molecule has 2 heterocycles. The number of aryl methyl sites for hydroxylation is 1. The van der Waals surface area contributed by atoms with Gasteiger partial charge in [0.05, 0.1) is 12.1 Å². The molecule has 0 bridgehead atoms. The molecule has 0 atom stereocenters. The molecule has 0 saturated carbocycles. The maximum Gasteiger partial charge on any atom is 0.310 e. The van der Waals surface area contributed by atoms with Crippen molar-refractivity contribution in [3.8, 4) is 0 Å². The molecule has 0 amide bonds. The number of carbonyl (C=O) groups excluding carboxylic acids is 1. The Kier molecular flexibility index (Phi) is 5.06. The molecule has 0 aliphatic carbocycles. The number of carbonyl (C=O) groups is 1. The molecule has 0 radical (unpaired) electrons. The van der Waals surface area contributed by atoms with Crippen LogP contribution in [-0.2, 0) is 22.6 Å². The summed E-state index contributed by atoms with van der Waals surface area (Å²) in [6.07, 6.45) is 1.59.